The molecule has 0 radical (unpaired) electrons. The standard InChI is InChI=1S/C15H13ClN2O4S/c16-10-2-4-11(5-3-10)23-14-6-1-9(7-12(17)15(19)20)8-13(14)18(21)22/h1-6,8,12H,7,17H2,(H,19,20). The number of carboxylic acids is 1. The van der Waals surface area contributed by atoms with E-state index in [0.717, 1.165) is 4.90 Å². The van der Waals surface area contributed by atoms with Crippen molar-refractivity contribution in [2.24, 2.45) is 5.73 Å². The number of aliphatic carboxylic acids is 1. The van der Waals surface area contributed by atoms with E-state index < -0.39 is 16.9 Å². The van der Waals surface area contributed by atoms with Crippen molar-refractivity contribution < 1.29 is 14.8 Å². The molecule has 2 rings (SSSR count). The molecule has 6 nitrogen and oxygen atoms in total. The zero-order valence-electron chi connectivity index (χ0n) is 11.8. The van der Waals surface area contributed by atoms with Gasteiger partial charge in [-0.05, 0) is 42.3 Å². The van der Waals surface area contributed by atoms with Crippen LogP contribution in [-0.2, 0) is 11.2 Å². The molecule has 0 bridgehead atoms. The lowest BCUT2D eigenvalue weighted by molar-refractivity contribution is -0.387. The van der Waals surface area contributed by atoms with Crippen LogP contribution in [0.25, 0.3) is 0 Å². The van der Waals surface area contributed by atoms with E-state index >= 15 is 0 Å². The first-order chi connectivity index (χ1) is 10.9. The maximum Gasteiger partial charge on any atom is 0.320 e. The molecule has 3 N–H and O–H groups in total. The molecule has 0 fully saturated rings. The summed E-state index contributed by atoms with van der Waals surface area (Å²) < 4.78 is 0. The van der Waals surface area contributed by atoms with Gasteiger partial charge in [0.05, 0.1) is 9.82 Å². The summed E-state index contributed by atoms with van der Waals surface area (Å²) in [4.78, 5) is 22.8. The smallest absolute Gasteiger partial charge is 0.320 e. The maximum absolute atomic E-state index is 11.3. The van der Waals surface area contributed by atoms with Crippen molar-refractivity contribution in [1.29, 1.82) is 0 Å². The number of carbonyl (C=O) groups is 1. The Kier molecular flexibility index (Phi) is 5.59. The number of carboxylic acid groups (broad SMARTS) is 1. The summed E-state index contributed by atoms with van der Waals surface area (Å²) in [5.41, 5.74) is 5.89. The molecular formula is C15H13ClN2O4S. The Bertz CT molecular complexity index is 737. The van der Waals surface area contributed by atoms with Gasteiger partial charge < -0.3 is 10.8 Å². The van der Waals surface area contributed by atoms with Crippen molar-refractivity contribution in [3.05, 3.63) is 63.2 Å². The second kappa shape index (κ2) is 7.45. The summed E-state index contributed by atoms with van der Waals surface area (Å²) >= 11 is 7.05. The number of nitrogens with two attached hydrogens (primary N) is 1. The predicted molar refractivity (Wildman–Crippen MR) is 88.0 cm³/mol. The SMILES string of the molecule is NC(Cc1ccc(Sc2ccc(Cl)cc2)c([N+](=O)[O-])c1)C(=O)O. The monoisotopic (exact) mass is 352 g/mol. The molecule has 0 saturated heterocycles. The van der Waals surface area contributed by atoms with E-state index in [1.54, 1.807) is 36.4 Å². The van der Waals surface area contributed by atoms with E-state index in [-0.39, 0.29) is 12.1 Å². The largest absolute Gasteiger partial charge is 0.480 e. The molecule has 8 heteroatoms. The minimum Gasteiger partial charge on any atom is -0.480 e. The molecule has 0 amide bonds. The fraction of sp³-hybridized carbons (Fsp3) is 0.133. The summed E-state index contributed by atoms with van der Waals surface area (Å²) in [5.74, 6) is -1.15. The molecule has 0 aliphatic carbocycles. The van der Waals surface area contributed by atoms with E-state index in [1.165, 1.54) is 17.8 Å². The highest BCUT2D eigenvalue weighted by molar-refractivity contribution is 7.99. The van der Waals surface area contributed by atoms with E-state index in [1.807, 2.05) is 0 Å². The molecule has 2 aromatic carbocycles. The third-order valence-corrected chi connectivity index (χ3v) is 4.36. The van der Waals surface area contributed by atoms with E-state index in [0.29, 0.717) is 15.5 Å². The number of hydrogen-bond acceptors (Lipinski definition) is 5. The fourth-order valence-electron chi connectivity index (χ4n) is 1.89. The molecule has 0 heterocycles. The van der Waals surface area contributed by atoms with Crippen LogP contribution >= 0.6 is 23.4 Å². The van der Waals surface area contributed by atoms with Crippen molar-refractivity contribution in [2.75, 3.05) is 0 Å². The Balaban J connectivity index is 2.27. The average molecular weight is 353 g/mol. The molecule has 2 aromatic rings. The van der Waals surface area contributed by atoms with Gasteiger partial charge in [-0.15, -0.1) is 0 Å². The van der Waals surface area contributed by atoms with Crippen molar-refractivity contribution >= 4 is 35.0 Å². The Morgan fingerprint density at radius 2 is 1.96 bits per heavy atom. The van der Waals surface area contributed by atoms with Gasteiger partial charge in [-0.1, -0.05) is 29.4 Å². The number of hydrogen-bond donors (Lipinski definition) is 2. The minimum atomic E-state index is -1.15. The van der Waals surface area contributed by atoms with Gasteiger partial charge in [0.2, 0.25) is 0 Å². The van der Waals surface area contributed by atoms with Gasteiger partial charge in [0, 0.05) is 16.0 Å². The number of nitro groups is 1. The Labute approximate surface area is 141 Å². The van der Waals surface area contributed by atoms with Gasteiger partial charge in [0.15, 0.2) is 0 Å². The first kappa shape index (κ1) is 17.3. The van der Waals surface area contributed by atoms with E-state index in [4.69, 9.17) is 22.4 Å². The molecule has 23 heavy (non-hydrogen) atoms. The van der Waals surface area contributed by atoms with Crippen molar-refractivity contribution in [3.8, 4) is 0 Å². The van der Waals surface area contributed by atoms with Crippen LogP contribution in [0.1, 0.15) is 5.56 Å². The van der Waals surface area contributed by atoms with Crippen LogP contribution in [-0.4, -0.2) is 22.0 Å². The molecular weight excluding hydrogens is 340 g/mol. The maximum atomic E-state index is 11.3. The van der Waals surface area contributed by atoms with Gasteiger partial charge in [-0.3, -0.25) is 14.9 Å². The van der Waals surface area contributed by atoms with E-state index in [9.17, 15) is 14.9 Å². The normalized spacial score (nSPS) is 11.9. The first-order valence-corrected chi connectivity index (χ1v) is 7.75. The molecule has 0 aromatic heterocycles. The Morgan fingerprint density at radius 1 is 1.30 bits per heavy atom. The lowest BCUT2D eigenvalue weighted by Crippen LogP contribution is -2.32. The predicted octanol–water partition coefficient (Wildman–Crippen LogP) is 3.35. The van der Waals surface area contributed by atoms with Crippen molar-refractivity contribution in [1.82, 2.24) is 0 Å². The van der Waals surface area contributed by atoms with Crippen LogP contribution in [0, 0.1) is 10.1 Å². The average Bonchev–Trinajstić information content (AvgIpc) is 2.50. The van der Waals surface area contributed by atoms with Crippen LogP contribution in [0.15, 0.2) is 52.3 Å². The summed E-state index contributed by atoms with van der Waals surface area (Å²) in [6, 6.07) is 10.5. The van der Waals surface area contributed by atoms with Crippen LogP contribution in [0.2, 0.25) is 5.02 Å². The number of halogens is 1. The van der Waals surface area contributed by atoms with Gasteiger partial charge in [-0.2, -0.15) is 0 Å². The highest BCUT2D eigenvalue weighted by Crippen LogP contribution is 2.35. The van der Waals surface area contributed by atoms with Gasteiger partial charge in [0.1, 0.15) is 6.04 Å². The second-order valence-electron chi connectivity index (χ2n) is 4.76. The molecule has 0 saturated carbocycles. The second-order valence-corrected chi connectivity index (χ2v) is 6.32. The summed E-state index contributed by atoms with van der Waals surface area (Å²) in [7, 11) is 0. The van der Waals surface area contributed by atoms with Crippen LogP contribution < -0.4 is 5.73 Å². The van der Waals surface area contributed by atoms with Crippen LogP contribution in [0.3, 0.4) is 0 Å². The number of nitro benzene ring substituents is 1. The molecule has 1 unspecified atom stereocenters. The number of benzene rings is 2. The minimum absolute atomic E-state index is 0.0298. The summed E-state index contributed by atoms with van der Waals surface area (Å²) in [6.07, 6.45) is 0.0298. The molecule has 0 spiro atoms. The van der Waals surface area contributed by atoms with Crippen molar-refractivity contribution in [3.63, 3.8) is 0 Å². The zero-order chi connectivity index (χ0) is 17.0. The highest BCUT2D eigenvalue weighted by Gasteiger charge is 2.18. The quantitative estimate of drug-likeness (QED) is 0.609. The van der Waals surface area contributed by atoms with Gasteiger partial charge >= 0.3 is 5.97 Å². The highest BCUT2D eigenvalue weighted by atomic mass is 35.5. The van der Waals surface area contributed by atoms with Gasteiger partial charge in [-0.25, -0.2) is 0 Å². The summed E-state index contributed by atoms with van der Waals surface area (Å²) in [6.45, 7) is 0. The zero-order valence-corrected chi connectivity index (χ0v) is 13.4. The lowest BCUT2D eigenvalue weighted by atomic mass is 10.1. The molecule has 1 atom stereocenters. The fourth-order valence-corrected chi connectivity index (χ4v) is 2.92. The number of nitrogens with zero attached hydrogens (tertiary/aromatic N) is 1. The summed E-state index contributed by atoms with van der Waals surface area (Å²) in [5, 5.41) is 20.7. The number of rotatable bonds is 6. The Hall–Kier alpha value is -2.09. The van der Waals surface area contributed by atoms with Crippen LogP contribution in [0.4, 0.5) is 5.69 Å². The molecule has 0 aliphatic heterocycles. The van der Waals surface area contributed by atoms with Gasteiger partial charge in [0.25, 0.3) is 5.69 Å². The lowest BCUT2D eigenvalue weighted by Gasteiger charge is -2.08. The third-order valence-electron chi connectivity index (χ3n) is 3.03. The van der Waals surface area contributed by atoms with Crippen LogP contribution in [0.5, 0.6) is 0 Å². The Morgan fingerprint density at radius 3 is 2.52 bits per heavy atom. The third kappa shape index (κ3) is 4.69. The topological polar surface area (TPSA) is 106 Å². The first-order valence-electron chi connectivity index (χ1n) is 6.56. The van der Waals surface area contributed by atoms with E-state index in [2.05, 4.69) is 0 Å². The molecule has 0 aliphatic rings. The molecule has 120 valence electrons. The van der Waals surface area contributed by atoms with Crippen molar-refractivity contribution in [2.45, 2.75) is 22.3 Å².